The molecule has 0 spiro atoms. The molecular formula is C15H11ClN2O2. The number of halogens is 1. The van der Waals surface area contributed by atoms with Gasteiger partial charge in [0.2, 0.25) is 0 Å². The van der Waals surface area contributed by atoms with Crippen LogP contribution in [0, 0.1) is 0 Å². The first-order chi connectivity index (χ1) is 9.66. The number of hydrogen-bond acceptors (Lipinski definition) is 4. The molecule has 0 saturated carbocycles. The van der Waals surface area contributed by atoms with Crippen LogP contribution in [-0.2, 0) is 0 Å². The Balaban J connectivity index is 1.77. The maximum atomic E-state index is 12.1. The van der Waals surface area contributed by atoms with E-state index in [0.29, 0.717) is 21.8 Å². The van der Waals surface area contributed by atoms with Crippen molar-refractivity contribution in [2.45, 2.75) is 6.04 Å². The zero-order valence-electron chi connectivity index (χ0n) is 10.4. The van der Waals surface area contributed by atoms with E-state index < -0.39 is 6.04 Å². The Morgan fingerprint density at radius 1 is 0.900 bits per heavy atom. The molecule has 100 valence electrons. The molecule has 1 aliphatic rings. The first-order valence-electron chi connectivity index (χ1n) is 6.11. The lowest BCUT2D eigenvalue weighted by molar-refractivity contribution is 0.0874. The van der Waals surface area contributed by atoms with Crippen molar-refractivity contribution < 1.29 is 9.59 Å². The van der Waals surface area contributed by atoms with E-state index in [9.17, 15) is 9.59 Å². The highest BCUT2D eigenvalue weighted by atomic mass is 35.5. The number of fused-ring (bicyclic) bond motifs is 1. The van der Waals surface area contributed by atoms with Gasteiger partial charge in [0.25, 0.3) is 0 Å². The van der Waals surface area contributed by atoms with Gasteiger partial charge in [-0.05, 0) is 18.2 Å². The maximum Gasteiger partial charge on any atom is 0.190 e. The van der Waals surface area contributed by atoms with Crippen molar-refractivity contribution in [3.8, 4) is 0 Å². The third kappa shape index (κ3) is 2.19. The summed E-state index contributed by atoms with van der Waals surface area (Å²) in [5, 5.41) is 0.573. The van der Waals surface area contributed by atoms with Crippen LogP contribution in [0.4, 0.5) is 5.69 Å². The molecule has 3 rings (SSSR count). The van der Waals surface area contributed by atoms with Gasteiger partial charge in [-0.15, -0.1) is 0 Å². The summed E-state index contributed by atoms with van der Waals surface area (Å²) in [5.41, 5.74) is 7.22. The fraction of sp³-hybridized carbons (Fsp3) is 0.0667. The number of carbonyl (C=O) groups is 2. The quantitative estimate of drug-likeness (QED) is 0.673. The van der Waals surface area contributed by atoms with Gasteiger partial charge in [-0.3, -0.25) is 9.59 Å². The molecule has 1 aliphatic carbocycles. The van der Waals surface area contributed by atoms with Crippen molar-refractivity contribution in [3.05, 3.63) is 64.7 Å². The van der Waals surface area contributed by atoms with Crippen LogP contribution >= 0.6 is 11.6 Å². The Morgan fingerprint density at radius 3 is 2.15 bits per heavy atom. The van der Waals surface area contributed by atoms with Gasteiger partial charge in [-0.2, -0.15) is 0 Å². The molecule has 0 saturated heterocycles. The zero-order valence-corrected chi connectivity index (χ0v) is 11.1. The fourth-order valence-electron chi connectivity index (χ4n) is 2.20. The molecule has 5 heteroatoms. The van der Waals surface area contributed by atoms with Gasteiger partial charge >= 0.3 is 0 Å². The number of nitrogens with one attached hydrogen (secondary N) is 2. The van der Waals surface area contributed by atoms with E-state index in [4.69, 9.17) is 11.6 Å². The molecule has 4 nitrogen and oxygen atoms in total. The number of rotatable bonds is 3. The van der Waals surface area contributed by atoms with Crippen molar-refractivity contribution in [2.24, 2.45) is 0 Å². The van der Waals surface area contributed by atoms with E-state index in [1.54, 1.807) is 48.5 Å². The molecule has 0 amide bonds. The highest BCUT2D eigenvalue weighted by Crippen LogP contribution is 2.22. The van der Waals surface area contributed by atoms with E-state index >= 15 is 0 Å². The zero-order chi connectivity index (χ0) is 14.1. The third-order valence-corrected chi connectivity index (χ3v) is 3.40. The first kappa shape index (κ1) is 12.8. The van der Waals surface area contributed by atoms with E-state index in [1.807, 2.05) is 0 Å². The number of ketones is 2. The molecule has 0 aromatic heterocycles. The summed E-state index contributed by atoms with van der Waals surface area (Å²) < 4.78 is 0. The van der Waals surface area contributed by atoms with Gasteiger partial charge in [0, 0.05) is 16.1 Å². The van der Waals surface area contributed by atoms with Crippen molar-refractivity contribution >= 4 is 28.9 Å². The first-order valence-corrected chi connectivity index (χ1v) is 6.49. The predicted octanol–water partition coefficient (Wildman–Crippen LogP) is 2.70. The minimum absolute atomic E-state index is 0.222. The lowest BCUT2D eigenvalue weighted by atomic mass is 10.1. The standard InChI is InChI=1S/C15H11ClN2O2/c16-9-4-3-5-10(8-9)17-18-13-14(19)11-6-1-2-7-12(11)15(13)20/h1-8,13,17-18H. The second-order valence-electron chi connectivity index (χ2n) is 4.49. The lowest BCUT2D eigenvalue weighted by Gasteiger charge is -2.12. The number of carbonyl (C=O) groups excluding carboxylic acids is 2. The smallest absolute Gasteiger partial charge is 0.190 e. The molecule has 0 atom stereocenters. The highest BCUT2D eigenvalue weighted by Gasteiger charge is 2.38. The van der Waals surface area contributed by atoms with Crippen LogP contribution in [0.15, 0.2) is 48.5 Å². The molecule has 0 heterocycles. The molecule has 0 radical (unpaired) electrons. The summed E-state index contributed by atoms with van der Waals surface area (Å²) in [6.45, 7) is 0. The van der Waals surface area contributed by atoms with E-state index in [-0.39, 0.29) is 11.6 Å². The topological polar surface area (TPSA) is 58.2 Å². The third-order valence-electron chi connectivity index (χ3n) is 3.17. The Hall–Kier alpha value is -2.17. The molecule has 0 aliphatic heterocycles. The number of Topliss-reactive ketones (excluding diaryl/α,β-unsaturated/α-hetero) is 2. The Labute approximate surface area is 120 Å². The molecule has 2 aromatic carbocycles. The van der Waals surface area contributed by atoms with Crippen molar-refractivity contribution in [1.29, 1.82) is 0 Å². The van der Waals surface area contributed by atoms with Crippen molar-refractivity contribution in [3.63, 3.8) is 0 Å². The second-order valence-corrected chi connectivity index (χ2v) is 4.92. The van der Waals surface area contributed by atoms with Crippen LogP contribution < -0.4 is 10.9 Å². The molecule has 20 heavy (non-hydrogen) atoms. The average Bonchev–Trinajstić information content (AvgIpc) is 2.70. The summed E-state index contributed by atoms with van der Waals surface area (Å²) in [6.07, 6.45) is 0. The van der Waals surface area contributed by atoms with Crippen LogP contribution in [0.2, 0.25) is 5.02 Å². The van der Waals surface area contributed by atoms with E-state index in [2.05, 4.69) is 10.9 Å². The largest absolute Gasteiger partial charge is 0.320 e. The Bertz CT molecular complexity index is 665. The maximum absolute atomic E-state index is 12.1. The predicted molar refractivity (Wildman–Crippen MR) is 77.1 cm³/mol. The number of anilines is 1. The van der Waals surface area contributed by atoms with Crippen LogP contribution in [0.1, 0.15) is 20.7 Å². The van der Waals surface area contributed by atoms with Crippen LogP contribution in [0.5, 0.6) is 0 Å². The summed E-state index contributed by atoms with van der Waals surface area (Å²) in [7, 11) is 0. The Morgan fingerprint density at radius 2 is 1.55 bits per heavy atom. The molecule has 0 bridgehead atoms. The summed E-state index contributed by atoms with van der Waals surface area (Å²) >= 11 is 5.87. The number of benzene rings is 2. The van der Waals surface area contributed by atoms with Crippen molar-refractivity contribution in [1.82, 2.24) is 5.43 Å². The minimum Gasteiger partial charge on any atom is -0.320 e. The average molecular weight is 287 g/mol. The highest BCUT2D eigenvalue weighted by molar-refractivity contribution is 6.31. The SMILES string of the molecule is O=C1c2ccccc2C(=O)C1NNc1cccc(Cl)c1. The van der Waals surface area contributed by atoms with Gasteiger partial charge in [-0.25, -0.2) is 5.43 Å². The van der Waals surface area contributed by atoms with Crippen LogP contribution in [0.25, 0.3) is 0 Å². The monoisotopic (exact) mass is 286 g/mol. The summed E-state index contributed by atoms with van der Waals surface area (Å²) in [5.74, 6) is -0.444. The van der Waals surface area contributed by atoms with Crippen LogP contribution in [0.3, 0.4) is 0 Å². The second kappa shape index (κ2) is 5.07. The fourth-order valence-corrected chi connectivity index (χ4v) is 2.39. The van der Waals surface area contributed by atoms with E-state index in [1.165, 1.54) is 0 Å². The van der Waals surface area contributed by atoms with Gasteiger partial charge in [0.1, 0.15) is 0 Å². The molecule has 0 fully saturated rings. The van der Waals surface area contributed by atoms with Gasteiger partial charge in [0.15, 0.2) is 17.6 Å². The summed E-state index contributed by atoms with van der Waals surface area (Å²) in [6, 6.07) is 12.9. The van der Waals surface area contributed by atoms with Crippen LogP contribution in [-0.4, -0.2) is 17.6 Å². The minimum atomic E-state index is -0.897. The van der Waals surface area contributed by atoms with E-state index in [0.717, 1.165) is 0 Å². The molecule has 2 N–H and O–H groups in total. The molecule has 0 unspecified atom stereocenters. The Kier molecular flexibility index (Phi) is 3.26. The summed E-state index contributed by atoms with van der Waals surface area (Å²) in [4.78, 5) is 24.3. The van der Waals surface area contributed by atoms with Crippen molar-refractivity contribution in [2.75, 3.05) is 5.43 Å². The molecule has 2 aromatic rings. The number of hydrazine groups is 1. The number of hydrogen-bond donors (Lipinski definition) is 2. The molecular weight excluding hydrogens is 276 g/mol. The van der Waals surface area contributed by atoms with Gasteiger partial charge < -0.3 is 5.43 Å². The van der Waals surface area contributed by atoms with Gasteiger partial charge in [-0.1, -0.05) is 41.9 Å². The lowest BCUT2D eigenvalue weighted by Crippen LogP contribution is -2.42. The normalized spacial score (nSPS) is 14.4. The van der Waals surface area contributed by atoms with Gasteiger partial charge in [0.05, 0.1) is 5.69 Å².